The molecule has 190 valence electrons. The summed E-state index contributed by atoms with van der Waals surface area (Å²) in [4.78, 5) is 37.7. The zero-order chi connectivity index (χ0) is 24.2. The van der Waals surface area contributed by atoms with Crippen LogP contribution in [-0.4, -0.2) is 81.1 Å². The highest BCUT2D eigenvalue weighted by atomic mass is 16.7. The minimum absolute atomic E-state index is 0.0422. The Kier molecular flexibility index (Phi) is 6.37. The van der Waals surface area contributed by atoms with E-state index in [2.05, 4.69) is 20.8 Å². The first-order valence-corrected chi connectivity index (χ1v) is 12.2. The van der Waals surface area contributed by atoms with E-state index < -0.39 is 48.2 Å². The summed E-state index contributed by atoms with van der Waals surface area (Å²) in [5.74, 6) is -2.90. The third-order valence-corrected chi connectivity index (χ3v) is 7.50. The second-order valence-corrected chi connectivity index (χ2v) is 11.1. The van der Waals surface area contributed by atoms with Crippen LogP contribution in [0.2, 0.25) is 0 Å². The van der Waals surface area contributed by atoms with E-state index in [1.165, 1.54) is 0 Å². The predicted octanol–water partition coefficient (Wildman–Crippen LogP) is 1.23. The lowest BCUT2D eigenvalue weighted by molar-refractivity contribution is -0.170. The lowest BCUT2D eigenvalue weighted by Gasteiger charge is -2.31. The minimum Gasteiger partial charge on any atom is -0.458 e. The summed E-state index contributed by atoms with van der Waals surface area (Å²) in [5.41, 5.74) is 0.0422. The molecule has 5 fully saturated rings. The van der Waals surface area contributed by atoms with Crippen molar-refractivity contribution in [1.29, 1.82) is 0 Å². The number of carbonyl (C=O) groups is 3. The number of ether oxygens (including phenoxy) is 7. The van der Waals surface area contributed by atoms with Crippen LogP contribution >= 0.6 is 0 Å². The molecule has 0 aromatic rings. The number of fused-ring (bicyclic) bond motifs is 2. The molecule has 0 aromatic carbocycles. The van der Waals surface area contributed by atoms with Gasteiger partial charge in [0.2, 0.25) is 0 Å². The number of hydrogen-bond acceptors (Lipinski definition) is 10. The van der Waals surface area contributed by atoms with E-state index >= 15 is 0 Å². The van der Waals surface area contributed by atoms with Gasteiger partial charge in [-0.25, -0.2) is 0 Å². The van der Waals surface area contributed by atoms with E-state index in [-0.39, 0.29) is 55.2 Å². The van der Waals surface area contributed by atoms with E-state index in [0.29, 0.717) is 19.6 Å². The first kappa shape index (κ1) is 24.0. The van der Waals surface area contributed by atoms with Crippen LogP contribution in [0.1, 0.15) is 40.5 Å². The maximum absolute atomic E-state index is 13.3. The van der Waals surface area contributed by atoms with Crippen molar-refractivity contribution >= 4 is 17.9 Å². The Bertz CT molecular complexity index is 821. The number of carbonyl (C=O) groups excluding carboxylic acids is 3. The van der Waals surface area contributed by atoms with Crippen molar-refractivity contribution < 1.29 is 47.5 Å². The van der Waals surface area contributed by atoms with E-state index in [9.17, 15) is 14.4 Å². The highest BCUT2D eigenvalue weighted by Crippen LogP contribution is 2.59. The Morgan fingerprint density at radius 3 is 2.41 bits per heavy atom. The van der Waals surface area contributed by atoms with E-state index in [0.717, 1.165) is 0 Å². The zero-order valence-corrected chi connectivity index (χ0v) is 20.1. The summed E-state index contributed by atoms with van der Waals surface area (Å²) in [6.45, 7) is 9.17. The quantitative estimate of drug-likeness (QED) is 0.216. The molecule has 2 saturated carbocycles. The molecular weight excluding hydrogens is 448 g/mol. The normalized spacial score (nSPS) is 42.1. The van der Waals surface area contributed by atoms with Gasteiger partial charge in [0.1, 0.15) is 37.3 Å². The van der Waals surface area contributed by atoms with Crippen molar-refractivity contribution in [1.82, 2.24) is 0 Å². The molecule has 10 nitrogen and oxygen atoms in total. The maximum atomic E-state index is 13.3. The van der Waals surface area contributed by atoms with Crippen molar-refractivity contribution in [3.05, 3.63) is 0 Å². The van der Waals surface area contributed by atoms with Gasteiger partial charge in [-0.05, 0) is 11.8 Å². The molecule has 3 saturated heterocycles. The molecule has 34 heavy (non-hydrogen) atoms. The second kappa shape index (κ2) is 9.04. The number of rotatable bonds is 8. The zero-order valence-electron chi connectivity index (χ0n) is 20.1. The van der Waals surface area contributed by atoms with Crippen LogP contribution in [0.3, 0.4) is 0 Å². The molecule has 0 spiro atoms. The fourth-order valence-corrected chi connectivity index (χ4v) is 6.09. The van der Waals surface area contributed by atoms with Crippen molar-refractivity contribution in [3.63, 3.8) is 0 Å². The SMILES string of the molecule is CCC(=O)OC1C2CC3C1OC(=O)C3C2C(=O)OC1COC2C(OCOCC(C)(C)C)COC12. The molecule has 10 unspecified atom stereocenters. The molecule has 2 bridgehead atoms. The molecule has 2 aliphatic carbocycles. The van der Waals surface area contributed by atoms with Crippen LogP contribution in [0.15, 0.2) is 0 Å². The average Bonchev–Trinajstić information content (AvgIpc) is 3.54. The van der Waals surface area contributed by atoms with Gasteiger partial charge in [-0.1, -0.05) is 27.7 Å². The van der Waals surface area contributed by atoms with E-state index in [1.54, 1.807) is 6.92 Å². The van der Waals surface area contributed by atoms with Gasteiger partial charge in [-0.3, -0.25) is 14.4 Å². The van der Waals surface area contributed by atoms with E-state index in [4.69, 9.17) is 33.2 Å². The number of hydrogen-bond donors (Lipinski definition) is 0. The van der Waals surface area contributed by atoms with Crippen molar-refractivity contribution in [2.75, 3.05) is 26.6 Å². The Balaban J connectivity index is 1.18. The van der Waals surface area contributed by atoms with Crippen LogP contribution in [0.5, 0.6) is 0 Å². The van der Waals surface area contributed by atoms with Gasteiger partial charge in [0.05, 0.1) is 31.7 Å². The summed E-state index contributed by atoms with van der Waals surface area (Å²) >= 11 is 0. The molecule has 0 aromatic heterocycles. The van der Waals surface area contributed by atoms with Gasteiger partial charge < -0.3 is 33.2 Å². The third kappa shape index (κ3) is 4.23. The smallest absolute Gasteiger partial charge is 0.310 e. The standard InChI is InChI=1S/C24H34O10/c1-5-15(25)33-18-11-6-12-17(23(27)34-19(12)18)16(11)22(26)32-14-8-30-20-13(7-29-21(14)20)31-10-28-9-24(2,3)4/h11-14,16-21H,5-10H2,1-4H3. The largest absolute Gasteiger partial charge is 0.458 e. The van der Waals surface area contributed by atoms with Crippen LogP contribution < -0.4 is 0 Å². The van der Waals surface area contributed by atoms with Gasteiger partial charge in [-0.15, -0.1) is 0 Å². The molecular formula is C24H34O10. The molecule has 3 heterocycles. The van der Waals surface area contributed by atoms with Crippen molar-refractivity contribution in [2.24, 2.45) is 29.1 Å². The Morgan fingerprint density at radius 2 is 1.71 bits per heavy atom. The monoisotopic (exact) mass is 482 g/mol. The van der Waals surface area contributed by atoms with Crippen molar-refractivity contribution in [3.8, 4) is 0 Å². The molecule has 10 atom stereocenters. The van der Waals surface area contributed by atoms with Gasteiger partial charge in [-0.2, -0.15) is 0 Å². The highest BCUT2D eigenvalue weighted by Gasteiger charge is 2.70. The molecule has 5 aliphatic rings. The maximum Gasteiger partial charge on any atom is 0.310 e. The molecule has 5 rings (SSSR count). The van der Waals surface area contributed by atoms with Crippen LogP contribution in [0, 0.1) is 29.1 Å². The summed E-state index contributed by atoms with van der Waals surface area (Å²) in [5, 5.41) is 0. The Labute approximate surface area is 198 Å². The fraction of sp³-hybridized carbons (Fsp3) is 0.875. The molecule has 3 aliphatic heterocycles. The summed E-state index contributed by atoms with van der Waals surface area (Å²) < 4.78 is 40.0. The van der Waals surface area contributed by atoms with Crippen LogP contribution in [-0.2, 0) is 47.5 Å². The van der Waals surface area contributed by atoms with Crippen LogP contribution in [0.25, 0.3) is 0 Å². The van der Waals surface area contributed by atoms with Crippen molar-refractivity contribution in [2.45, 2.75) is 77.2 Å². The Hall–Kier alpha value is -1.75. The van der Waals surface area contributed by atoms with Gasteiger partial charge in [0, 0.05) is 18.3 Å². The first-order chi connectivity index (χ1) is 16.2. The topological polar surface area (TPSA) is 116 Å². The van der Waals surface area contributed by atoms with Crippen LogP contribution in [0.4, 0.5) is 0 Å². The predicted molar refractivity (Wildman–Crippen MR) is 113 cm³/mol. The van der Waals surface area contributed by atoms with E-state index in [1.807, 2.05) is 0 Å². The number of esters is 3. The molecule has 10 heteroatoms. The fourth-order valence-electron chi connectivity index (χ4n) is 6.09. The minimum atomic E-state index is -0.691. The van der Waals surface area contributed by atoms with Gasteiger partial charge in [0.15, 0.2) is 6.10 Å². The van der Waals surface area contributed by atoms with Gasteiger partial charge in [0.25, 0.3) is 0 Å². The summed E-state index contributed by atoms with van der Waals surface area (Å²) in [7, 11) is 0. The lowest BCUT2D eigenvalue weighted by Crippen LogP contribution is -2.45. The highest BCUT2D eigenvalue weighted by molar-refractivity contribution is 5.86. The first-order valence-electron chi connectivity index (χ1n) is 12.2. The third-order valence-electron chi connectivity index (χ3n) is 7.50. The summed E-state index contributed by atoms with van der Waals surface area (Å²) in [6, 6.07) is 0. The lowest BCUT2D eigenvalue weighted by atomic mass is 9.78. The molecule has 0 amide bonds. The second-order valence-electron chi connectivity index (χ2n) is 11.1. The summed E-state index contributed by atoms with van der Waals surface area (Å²) in [6.07, 6.45) is -1.92. The molecule has 0 radical (unpaired) electrons. The average molecular weight is 483 g/mol. The Morgan fingerprint density at radius 1 is 1.00 bits per heavy atom. The van der Waals surface area contributed by atoms with Gasteiger partial charge >= 0.3 is 17.9 Å². The molecule has 0 N–H and O–H groups in total.